The Bertz CT molecular complexity index is 316. The first-order valence-electron chi connectivity index (χ1n) is 7.54. The molecule has 0 aromatic heterocycles. The second-order valence-electron chi connectivity index (χ2n) is 5.58. The fourth-order valence-electron chi connectivity index (χ4n) is 2.62. The summed E-state index contributed by atoms with van der Waals surface area (Å²) >= 11 is 0. The smallest absolute Gasteiger partial charge is 0.0720 e. The van der Waals surface area contributed by atoms with Crippen molar-refractivity contribution in [3.63, 3.8) is 0 Å². The second-order valence-corrected chi connectivity index (χ2v) is 5.58. The van der Waals surface area contributed by atoms with Crippen LogP contribution in [-0.4, -0.2) is 6.10 Å². The molecule has 100 valence electrons. The molecule has 0 heterocycles. The monoisotopic (exact) mass is 246 g/mol. The van der Waals surface area contributed by atoms with Gasteiger partial charge in [-0.15, -0.1) is 0 Å². The van der Waals surface area contributed by atoms with E-state index in [1.54, 1.807) is 0 Å². The zero-order chi connectivity index (χ0) is 12.6. The number of ether oxygens (including phenoxy) is 1. The molecule has 1 fully saturated rings. The maximum Gasteiger partial charge on any atom is 0.0720 e. The lowest BCUT2D eigenvalue weighted by atomic mass is 9.81. The van der Waals surface area contributed by atoms with Crippen molar-refractivity contribution in [1.82, 2.24) is 0 Å². The lowest BCUT2D eigenvalue weighted by Crippen LogP contribution is -2.17. The molecule has 2 rings (SSSR count). The topological polar surface area (TPSA) is 9.23 Å². The number of hydrogen-bond donors (Lipinski definition) is 0. The van der Waals surface area contributed by atoms with Crippen molar-refractivity contribution in [2.24, 2.45) is 5.92 Å². The van der Waals surface area contributed by atoms with Crippen molar-refractivity contribution in [3.8, 4) is 0 Å². The zero-order valence-corrected chi connectivity index (χ0v) is 11.6. The molecule has 1 aromatic carbocycles. The van der Waals surface area contributed by atoms with Gasteiger partial charge in [-0.3, -0.25) is 0 Å². The molecule has 0 saturated heterocycles. The van der Waals surface area contributed by atoms with Crippen LogP contribution in [0.1, 0.15) is 57.4 Å². The average Bonchev–Trinajstić information content (AvgIpc) is 2.35. The molecule has 1 unspecified atom stereocenters. The first kappa shape index (κ1) is 13.6. The highest BCUT2D eigenvalue weighted by Crippen LogP contribution is 2.31. The summed E-state index contributed by atoms with van der Waals surface area (Å²) in [6.45, 7) is 3.03. The summed E-state index contributed by atoms with van der Waals surface area (Å²) < 4.78 is 6.09. The number of benzene rings is 1. The number of rotatable bonds is 8. The molecule has 18 heavy (non-hydrogen) atoms. The van der Waals surface area contributed by atoms with Gasteiger partial charge in [0.15, 0.2) is 0 Å². The van der Waals surface area contributed by atoms with Crippen LogP contribution in [0.25, 0.3) is 0 Å². The van der Waals surface area contributed by atoms with Gasteiger partial charge in [-0.1, -0.05) is 62.9 Å². The Morgan fingerprint density at radius 2 is 1.94 bits per heavy atom. The molecule has 1 saturated carbocycles. The van der Waals surface area contributed by atoms with Gasteiger partial charge >= 0.3 is 0 Å². The van der Waals surface area contributed by atoms with Gasteiger partial charge in [0, 0.05) is 0 Å². The van der Waals surface area contributed by atoms with Gasteiger partial charge in [0.05, 0.1) is 12.7 Å². The van der Waals surface area contributed by atoms with E-state index < -0.39 is 0 Å². The summed E-state index contributed by atoms with van der Waals surface area (Å²) in [4.78, 5) is 0. The van der Waals surface area contributed by atoms with Crippen molar-refractivity contribution in [3.05, 3.63) is 35.9 Å². The number of hydrogen-bond acceptors (Lipinski definition) is 1. The van der Waals surface area contributed by atoms with Crippen LogP contribution in [-0.2, 0) is 11.3 Å². The van der Waals surface area contributed by atoms with Gasteiger partial charge in [-0.2, -0.15) is 0 Å². The predicted octanol–water partition coefficient (Wildman–Crippen LogP) is 4.95. The van der Waals surface area contributed by atoms with Gasteiger partial charge in [0.1, 0.15) is 0 Å². The van der Waals surface area contributed by atoms with Gasteiger partial charge < -0.3 is 4.74 Å². The van der Waals surface area contributed by atoms with Crippen LogP contribution < -0.4 is 0 Å². The van der Waals surface area contributed by atoms with Gasteiger partial charge in [-0.05, 0) is 30.7 Å². The third-order valence-corrected chi connectivity index (χ3v) is 4.06. The Labute approximate surface area is 112 Å². The van der Waals surface area contributed by atoms with Crippen molar-refractivity contribution in [2.45, 2.75) is 64.6 Å². The van der Waals surface area contributed by atoms with Crippen molar-refractivity contribution < 1.29 is 4.74 Å². The van der Waals surface area contributed by atoms with Crippen LogP contribution in [0.5, 0.6) is 0 Å². The van der Waals surface area contributed by atoms with E-state index >= 15 is 0 Å². The van der Waals surface area contributed by atoms with Gasteiger partial charge in [0.25, 0.3) is 0 Å². The van der Waals surface area contributed by atoms with Crippen LogP contribution in [0, 0.1) is 5.92 Å². The molecule has 1 aliphatic carbocycles. The van der Waals surface area contributed by atoms with Crippen molar-refractivity contribution >= 4 is 0 Å². The molecule has 1 aliphatic rings. The van der Waals surface area contributed by atoms with Crippen LogP contribution in [0.15, 0.2) is 30.3 Å². The molecule has 0 aliphatic heterocycles. The first-order valence-corrected chi connectivity index (χ1v) is 7.54. The fraction of sp³-hybridized carbons (Fsp3) is 0.647. The molecule has 1 nitrogen and oxygen atoms in total. The summed E-state index contributed by atoms with van der Waals surface area (Å²) in [7, 11) is 0. The standard InChI is InChI=1S/C17H26O/c1-2-7-17(13-12-15-10-6-11-15)18-14-16-8-4-3-5-9-16/h3-5,8-9,15,17H,2,6-7,10-14H2,1H3. The fourth-order valence-corrected chi connectivity index (χ4v) is 2.62. The average molecular weight is 246 g/mol. The maximum atomic E-state index is 6.09. The lowest BCUT2D eigenvalue weighted by molar-refractivity contribution is 0.0224. The Hall–Kier alpha value is -0.820. The molecule has 1 atom stereocenters. The summed E-state index contributed by atoms with van der Waals surface area (Å²) in [6, 6.07) is 10.5. The summed E-state index contributed by atoms with van der Waals surface area (Å²) in [5, 5.41) is 0. The Balaban J connectivity index is 1.71. The van der Waals surface area contributed by atoms with Gasteiger partial charge in [0.2, 0.25) is 0 Å². The third-order valence-electron chi connectivity index (χ3n) is 4.06. The van der Waals surface area contributed by atoms with E-state index in [4.69, 9.17) is 4.74 Å². The molecule has 0 N–H and O–H groups in total. The normalized spacial score (nSPS) is 17.4. The predicted molar refractivity (Wildman–Crippen MR) is 76.5 cm³/mol. The molecule has 0 bridgehead atoms. The van der Waals surface area contributed by atoms with Crippen LogP contribution in [0.2, 0.25) is 0 Å². The first-order chi connectivity index (χ1) is 8.88. The molecule has 0 amide bonds. The maximum absolute atomic E-state index is 6.09. The highest BCUT2D eigenvalue weighted by atomic mass is 16.5. The highest BCUT2D eigenvalue weighted by Gasteiger charge is 2.19. The Morgan fingerprint density at radius 3 is 2.56 bits per heavy atom. The molecular formula is C17H26O. The van der Waals surface area contributed by atoms with E-state index in [1.165, 1.54) is 50.5 Å². The summed E-state index contributed by atoms with van der Waals surface area (Å²) in [5.74, 6) is 1.00. The van der Waals surface area contributed by atoms with Crippen molar-refractivity contribution in [1.29, 1.82) is 0 Å². The highest BCUT2D eigenvalue weighted by molar-refractivity contribution is 5.13. The minimum absolute atomic E-state index is 0.468. The minimum atomic E-state index is 0.468. The molecule has 1 aromatic rings. The van der Waals surface area contributed by atoms with Crippen molar-refractivity contribution in [2.75, 3.05) is 0 Å². The van der Waals surface area contributed by atoms with E-state index in [0.29, 0.717) is 6.10 Å². The summed E-state index contributed by atoms with van der Waals surface area (Å²) in [6.07, 6.45) is 9.90. The van der Waals surface area contributed by atoms with E-state index in [9.17, 15) is 0 Å². The second kappa shape index (κ2) is 7.58. The van der Waals surface area contributed by atoms with Crippen LogP contribution >= 0.6 is 0 Å². The minimum Gasteiger partial charge on any atom is -0.374 e. The van der Waals surface area contributed by atoms with Crippen LogP contribution in [0.4, 0.5) is 0 Å². The zero-order valence-electron chi connectivity index (χ0n) is 11.6. The third kappa shape index (κ3) is 4.45. The van der Waals surface area contributed by atoms with E-state index in [1.807, 2.05) is 0 Å². The Kier molecular flexibility index (Phi) is 5.73. The Morgan fingerprint density at radius 1 is 1.17 bits per heavy atom. The van der Waals surface area contributed by atoms with E-state index in [0.717, 1.165) is 12.5 Å². The van der Waals surface area contributed by atoms with E-state index in [2.05, 4.69) is 37.3 Å². The SMILES string of the molecule is CCCC(CCC1CCC1)OCc1ccccc1. The largest absolute Gasteiger partial charge is 0.374 e. The molecular weight excluding hydrogens is 220 g/mol. The lowest BCUT2D eigenvalue weighted by Gasteiger charge is -2.27. The van der Waals surface area contributed by atoms with Crippen LogP contribution in [0.3, 0.4) is 0 Å². The summed E-state index contributed by atoms with van der Waals surface area (Å²) in [5.41, 5.74) is 1.29. The van der Waals surface area contributed by atoms with E-state index in [-0.39, 0.29) is 0 Å². The quantitative estimate of drug-likeness (QED) is 0.630. The van der Waals surface area contributed by atoms with Gasteiger partial charge in [-0.25, -0.2) is 0 Å². The molecule has 1 heteroatoms. The molecule has 0 spiro atoms. The molecule has 0 radical (unpaired) electrons.